The van der Waals surface area contributed by atoms with Gasteiger partial charge in [0, 0.05) is 12.1 Å². The maximum atomic E-state index is 10.5. The first-order valence-electron chi connectivity index (χ1n) is 4.98. The van der Waals surface area contributed by atoms with Gasteiger partial charge in [0.05, 0.1) is 18.4 Å². The van der Waals surface area contributed by atoms with Crippen LogP contribution in [-0.2, 0) is 11.2 Å². The second-order valence-corrected chi connectivity index (χ2v) is 3.53. The number of nitrogens with one attached hydrogen (secondary N) is 1. The van der Waals surface area contributed by atoms with E-state index < -0.39 is 5.97 Å². The minimum absolute atomic E-state index is 0.0866. The van der Waals surface area contributed by atoms with Crippen LogP contribution in [0.15, 0.2) is 22.8 Å². The average Bonchev–Trinajstić information content (AvgIpc) is 2.83. The lowest BCUT2D eigenvalue weighted by Crippen LogP contribution is -1.98. The third kappa shape index (κ3) is 2.13. The molecule has 0 aliphatic rings. The van der Waals surface area contributed by atoms with Crippen molar-refractivity contribution in [2.24, 2.45) is 0 Å². The van der Waals surface area contributed by atoms with Crippen LogP contribution in [0.4, 0.5) is 0 Å². The van der Waals surface area contributed by atoms with Crippen LogP contribution in [0.1, 0.15) is 17.8 Å². The summed E-state index contributed by atoms with van der Waals surface area (Å²) in [5.41, 5.74) is 1.65. The number of carboxylic acid groups (broad SMARTS) is 1. The van der Waals surface area contributed by atoms with Crippen molar-refractivity contribution in [2.45, 2.75) is 19.8 Å². The van der Waals surface area contributed by atoms with Gasteiger partial charge in [-0.25, -0.2) is 4.98 Å². The number of aromatic amines is 1. The molecule has 5 nitrogen and oxygen atoms in total. The number of carbonyl (C=O) groups is 1. The maximum Gasteiger partial charge on any atom is 0.303 e. The van der Waals surface area contributed by atoms with E-state index in [0.717, 1.165) is 11.4 Å². The van der Waals surface area contributed by atoms with Crippen LogP contribution >= 0.6 is 0 Å². The van der Waals surface area contributed by atoms with Gasteiger partial charge in [-0.15, -0.1) is 0 Å². The van der Waals surface area contributed by atoms with E-state index in [4.69, 9.17) is 9.52 Å². The van der Waals surface area contributed by atoms with E-state index in [1.165, 1.54) is 0 Å². The van der Waals surface area contributed by atoms with E-state index >= 15 is 0 Å². The first kappa shape index (κ1) is 10.5. The number of rotatable bonds is 4. The van der Waals surface area contributed by atoms with Gasteiger partial charge in [-0.3, -0.25) is 4.79 Å². The van der Waals surface area contributed by atoms with Crippen LogP contribution in [0.3, 0.4) is 0 Å². The molecule has 2 aromatic rings. The largest absolute Gasteiger partial charge is 0.481 e. The highest BCUT2D eigenvalue weighted by Crippen LogP contribution is 2.18. The summed E-state index contributed by atoms with van der Waals surface area (Å²) in [4.78, 5) is 17.8. The molecule has 2 aromatic heterocycles. The predicted octanol–water partition coefficient (Wildman–Crippen LogP) is 2.00. The van der Waals surface area contributed by atoms with Gasteiger partial charge in [-0.05, 0) is 19.1 Å². The highest BCUT2D eigenvalue weighted by Gasteiger charge is 2.11. The van der Waals surface area contributed by atoms with Crippen molar-refractivity contribution < 1.29 is 14.3 Å². The number of furan rings is 1. The fourth-order valence-electron chi connectivity index (χ4n) is 1.50. The Morgan fingerprint density at radius 1 is 1.62 bits per heavy atom. The van der Waals surface area contributed by atoms with Gasteiger partial charge in [0.25, 0.3) is 0 Å². The zero-order valence-electron chi connectivity index (χ0n) is 8.86. The second-order valence-electron chi connectivity index (χ2n) is 3.53. The Balaban J connectivity index is 2.19. The normalized spacial score (nSPS) is 10.6. The molecule has 0 saturated heterocycles. The van der Waals surface area contributed by atoms with E-state index in [1.54, 1.807) is 18.4 Å². The monoisotopic (exact) mass is 220 g/mol. The summed E-state index contributed by atoms with van der Waals surface area (Å²) in [5.74, 6) is 0.481. The predicted molar refractivity (Wildman–Crippen MR) is 57.0 cm³/mol. The molecule has 0 saturated carbocycles. The molecule has 5 heteroatoms. The summed E-state index contributed by atoms with van der Waals surface area (Å²) in [6, 6.07) is 3.59. The Morgan fingerprint density at radius 2 is 2.44 bits per heavy atom. The van der Waals surface area contributed by atoms with Crippen LogP contribution in [0.2, 0.25) is 0 Å². The van der Waals surface area contributed by atoms with Crippen LogP contribution in [0.25, 0.3) is 11.6 Å². The van der Waals surface area contributed by atoms with Gasteiger partial charge < -0.3 is 14.5 Å². The van der Waals surface area contributed by atoms with Gasteiger partial charge in [0.1, 0.15) is 0 Å². The first-order valence-corrected chi connectivity index (χ1v) is 4.98. The number of aliphatic carboxylic acids is 1. The fourth-order valence-corrected chi connectivity index (χ4v) is 1.50. The minimum Gasteiger partial charge on any atom is -0.481 e. The van der Waals surface area contributed by atoms with Crippen molar-refractivity contribution >= 4 is 5.97 Å². The van der Waals surface area contributed by atoms with Crippen molar-refractivity contribution in [1.82, 2.24) is 9.97 Å². The Labute approximate surface area is 92.1 Å². The summed E-state index contributed by atoms with van der Waals surface area (Å²) >= 11 is 0. The molecule has 2 N–H and O–H groups in total. The van der Waals surface area contributed by atoms with E-state index in [1.807, 2.05) is 6.92 Å². The third-order valence-corrected chi connectivity index (χ3v) is 2.32. The molecule has 0 fully saturated rings. The molecule has 84 valence electrons. The molecular formula is C11H12N2O3. The summed E-state index contributed by atoms with van der Waals surface area (Å²) in [6.45, 7) is 1.87. The number of hydrogen-bond donors (Lipinski definition) is 2. The van der Waals surface area contributed by atoms with Gasteiger partial charge >= 0.3 is 5.97 Å². The highest BCUT2D eigenvalue weighted by atomic mass is 16.4. The van der Waals surface area contributed by atoms with Crippen molar-refractivity contribution in [2.75, 3.05) is 0 Å². The Morgan fingerprint density at radius 3 is 3.06 bits per heavy atom. The molecule has 2 heterocycles. The smallest absolute Gasteiger partial charge is 0.303 e. The number of imidazole rings is 1. The standard InChI is InChI=1S/C11H12N2O3/c1-7-8(4-5-10(14)15)13-11(12-7)9-3-2-6-16-9/h2-3,6H,4-5H2,1H3,(H,12,13)(H,14,15). The number of aromatic nitrogens is 2. The molecule has 0 aromatic carbocycles. The topological polar surface area (TPSA) is 79.1 Å². The van der Waals surface area contributed by atoms with E-state index in [-0.39, 0.29) is 6.42 Å². The summed E-state index contributed by atoms with van der Waals surface area (Å²) in [5, 5.41) is 8.60. The molecule has 0 radical (unpaired) electrons. The second kappa shape index (κ2) is 4.22. The summed E-state index contributed by atoms with van der Waals surface area (Å²) in [6.07, 6.45) is 2.09. The Hall–Kier alpha value is -2.04. The number of hydrogen-bond acceptors (Lipinski definition) is 3. The zero-order valence-corrected chi connectivity index (χ0v) is 8.86. The number of aryl methyl sites for hydroxylation is 2. The molecule has 2 rings (SSSR count). The lowest BCUT2D eigenvalue weighted by molar-refractivity contribution is -0.136. The fraction of sp³-hybridized carbons (Fsp3) is 0.273. The van der Waals surface area contributed by atoms with Crippen LogP contribution in [0, 0.1) is 6.92 Å². The Kier molecular flexibility index (Phi) is 2.76. The third-order valence-electron chi connectivity index (χ3n) is 2.32. The molecule has 0 bridgehead atoms. The van der Waals surface area contributed by atoms with Crippen LogP contribution in [-0.4, -0.2) is 21.0 Å². The molecule has 0 aliphatic carbocycles. The van der Waals surface area contributed by atoms with Crippen molar-refractivity contribution in [3.63, 3.8) is 0 Å². The maximum absolute atomic E-state index is 10.5. The number of H-pyrrole nitrogens is 1. The van der Waals surface area contributed by atoms with E-state index in [0.29, 0.717) is 18.0 Å². The van der Waals surface area contributed by atoms with Crippen molar-refractivity contribution in [3.05, 3.63) is 29.8 Å². The van der Waals surface area contributed by atoms with Crippen molar-refractivity contribution in [3.8, 4) is 11.6 Å². The van der Waals surface area contributed by atoms with Gasteiger partial charge in [-0.2, -0.15) is 0 Å². The lowest BCUT2D eigenvalue weighted by atomic mass is 10.2. The van der Waals surface area contributed by atoms with Crippen LogP contribution < -0.4 is 0 Å². The van der Waals surface area contributed by atoms with Gasteiger partial charge in [-0.1, -0.05) is 0 Å². The van der Waals surface area contributed by atoms with E-state index in [9.17, 15) is 4.79 Å². The SMILES string of the molecule is Cc1[nH]c(-c2ccco2)nc1CCC(=O)O. The molecule has 16 heavy (non-hydrogen) atoms. The zero-order chi connectivity index (χ0) is 11.5. The molecule has 0 atom stereocenters. The Bertz CT molecular complexity index is 485. The number of nitrogens with zero attached hydrogens (tertiary/aromatic N) is 1. The van der Waals surface area contributed by atoms with Gasteiger partial charge in [0.15, 0.2) is 11.6 Å². The van der Waals surface area contributed by atoms with Gasteiger partial charge in [0.2, 0.25) is 0 Å². The molecular weight excluding hydrogens is 208 g/mol. The molecule has 0 aliphatic heterocycles. The number of carboxylic acids is 1. The molecule has 0 amide bonds. The van der Waals surface area contributed by atoms with Crippen molar-refractivity contribution in [1.29, 1.82) is 0 Å². The van der Waals surface area contributed by atoms with Crippen LogP contribution in [0.5, 0.6) is 0 Å². The average molecular weight is 220 g/mol. The summed E-state index contributed by atoms with van der Waals surface area (Å²) in [7, 11) is 0. The lowest BCUT2D eigenvalue weighted by Gasteiger charge is -1.93. The highest BCUT2D eigenvalue weighted by molar-refractivity contribution is 5.67. The van der Waals surface area contributed by atoms with E-state index in [2.05, 4.69) is 9.97 Å². The first-order chi connectivity index (χ1) is 7.66. The quantitative estimate of drug-likeness (QED) is 0.825. The molecule has 0 unspecified atom stereocenters. The summed E-state index contributed by atoms with van der Waals surface area (Å²) < 4.78 is 5.20. The molecule has 0 spiro atoms. The minimum atomic E-state index is -0.818.